The summed E-state index contributed by atoms with van der Waals surface area (Å²) in [7, 11) is 0. The van der Waals surface area contributed by atoms with Crippen LogP contribution >= 0.6 is 11.3 Å². The van der Waals surface area contributed by atoms with Crippen molar-refractivity contribution >= 4 is 118 Å². The third-order valence-corrected chi connectivity index (χ3v) is 18.8. The largest absolute Gasteiger partial charge is 0.458 e. The lowest BCUT2D eigenvalue weighted by Gasteiger charge is -2.46. The Bertz CT molecular complexity index is 3840. The van der Waals surface area contributed by atoms with Gasteiger partial charge in [-0.25, -0.2) is 0 Å². The zero-order valence-electron chi connectivity index (χ0n) is 44.7. The first kappa shape index (κ1) is 45.6. The lowest BCUT2D eigenvalue weighted by Crippen LogP contribution is -2.64. The van der Waals surface area contributed by atoms with Crippen LogP contribution in [0.1, 0.15) is 110 Å². The molecule has 0 N–H and O–H groups in total. The van der Waals surface area contributed by atoms with Crippen molar-refractivity contribution in [2.24, 2.45) is 0 Å². The minimum Gasteiger partial charge on any atom is -0.458 e. The van der Waals surface area contributed by atoms with Crippen LogP contribution in [-0.4, -0.2) is 13.4 Å². The van der Waals surface area contributed by atoms with Gasteiger partial charge in [-0.15, -0.1) is 11.3 Å². The number of fused-ring (bicyclic) bond motifs is 11. The summed E-state index contributed by atoms with van der Waals surface area (Å²) in [6.07, 6.45) is 2.35. The fourth-order valence-corrected chi connectivity index (χ4v) is 14.8. The van der Waals surface area contributed by atoms with Crippen LogP contribution in [-0.2, 0) is 21.7 Å². The number of ether oxygens (including phenoxy) is 1. The van der Waals surface area contributed by atoms with Crippen LogP contribution in [0.2, 0.25) is 0 Å². The lowest BCUT2D eigenvalue weighted by atomic mass is 9.31. The maximum absolute atomic E-state index is 7.62. The molecule has 9 aromatic rings. The van der Waals surface area contributed by atoms with Crippen molar-refractivity contribution in [1.29, 1.82) is 0 Å². The van der Waals surface area contributed by atoms with Crippen molar-refractivity contribution in [3.63, 3.8) is 0 Å². The molecule has 4 nitrogen and oxygen atoms in total. The molecule has 7 heteroatoms. The molecule has 0 saturated carbocycles. The van der Waals surface area contributed by atoms with E-state index in [9.17, 15) is 0 Å². The van der Waals surface area contributed by atoms with Crippen LogP contribution in [0.3, 0.4) is 0 Å². The van der Waals surface area contributed by atoms with Gasteiger partial charge in [0.2, 0.25) is 0 Å². The highest BCUT2D eigenvalue weighted by atomic mass is 32.1. The maximum Gasteiger partial charge on any atom is 0.264 e. The van der Waals surface area contributed by atoms with Gasteiger partial charge in [-0.05, 0) is 164 Å². The predicted molar refractivity (Wildman–Crippen MR) is 319 cm³/mol. The molecule has 0 saturated heterocycles. The molecule has 5 heterocycles. The topological polar surface area (TPSA) is 19.0 Å². The van der Waals surface area contributed by atoms with E-state index < -0.39 is 0 Å². The van der Waals surface area contributed by atoms with E-state index in [0.29, 0.717) is 0 Å². The summed E-state index contributed by atoms with van der Waals surface area (Å²) in [6.45, 7) is 26.1. The summed E-state index contributed by atoms with van der Waals surface area (Å²) in [5, 5.41) is 1.30. The van der Waals surface area contributed by atoms with Gasteiger partial charge in [0.25, 0.3) is 13.4 Å². The van der Waals surface area contributed by atoms with Gasteiger partial charge in [0.05, 0.1) is 5.69 Å². The zero-order valence-corrected chi connectivity index (χ0v) is 45.6. The van der Waals surface area contributed by atoms with Gasteiger partial charge < -0.3 is 19.4 Å². The molecule has 8 aromatic carbocycles. The summed E-state index contributed by atoms with van der Waals surface area (Å²) in [5.74, 6) is 1.91. The van der Waals surface area contributed by atoms with Crippen molar-refractivity contribution < 1.29 is 4.74 Å². The molecule has 14 rings (SSSR count). The van der Waals surface area contributed by atoms with Crippen LogP contribution in [0.25, 0.3) is 10.1 Å². The van der Waals surface area contributed by atoms with E-state index in [-0.39, 0.29) is 35.1 Å². The quantitative estimate of drug-likeness (QED) is 0.164. The van der Waals surface area contributed by atoms with Gasteiger partial charge in [-0.2, -0.15) is 0 Å². The van der Waals surface area contributed by atoms with Crippen molar-refractivity contribution in [3.05, 3.63) is 186 Å². The molecule has 1 aliphatic carbocycles. The fraction of sp³-hybridized carbons (Fsp3) is 0.254. The van der Waals surface area contributed by atoms with E-state index in [2.05, 4.69) is 249 Å². The third kappa shape index (κ3) is 6.47. The van der Waals surface area contributed by atoms with E-state index in [1.165, 1.54) is 111 Å². The monoisotopic (exact) mass is 979 g/mol. The van der Waals surface area contributed by atoms with Crippen LogP contribution in [0, 0.1) is 6.92 Å². The van der Waals surface area contributed by atoms with Gasteiger partial charge in [0.1, 0.15) is 11.5 Å². The molecule has 0 bridgehead atoms. The Hall–Kier alpha value is -6.95. The number of rotatable bonds is 3. The lowest BCUT2D eigenvalue weighted by molar-refractivity contribution is 0.332. The molecule has 0 spiro atoms. The SMILES string of the molecule is Cc1c2c(cc3c1N(c1ccccc1)c1cc(C(C)(C)C)cc4c1B3c1sc3ccccc3c1N4c1ccc3c(c1)C(C)(C)CCC3(C)C)B1c3ccccc3N(c3ccccc3)c3cc(C(C)(C)C)cc(c31)O2. The van der Waals surface area contributed by atoms with Crippen molar-refractivity contribution in [2.45, 2.75) is 111 Å². The van der Waals surface area contributed by atoms with Crippen LogP contribution in [0.15, 0.2) is 158 Å². The van der Waals surface area contributed by atoms with Gasteiger partial charge in [-0.3, -0.25) is 0 Å². The molecule has 364 valence electrons. The average molecular weight is 980 g/mol. The average Bonchev–Trinajstić information content (AvgIpc) is 3.80. The summed E-state index contributed by atoms with van der Waals surface area (Å²) in [4.78, 5) is 7.77. The Morgan fingerprint density at radius 3 is 1.73 bits per heavy atom. The number of para-hydroxylation sites is 3. The zero-order chi connectivity index (χ0) is 51.0. The second-order valence-electron chi connectivity index (χ2n) is 25.2. The summed E-state index contributed by atoms with van der Waals surface area (Å²) in [6, 6.07) is 60.3. The first-order valence-corrected chi connectivity index (χ1v) is 27.7. The van der Waals surface area contributed by atoms with E-state index in [1.54, 1.807) is 0 Å². The van der Waals surface area contributed by atoms with Crippen molar-refractivity contribution in [3.8, 4) is 11.5 Å². The maximum atomic E-state index is 7.62. The van der Waals surface area contributed by atoms with E-state index in [1.807, 2.05) is 11.3 Å². The molecule has 0 atom stereocenters. The van der Waals surface area contributed by atoms with Crippen LogP contribution in [0.5, 0.6) is 11.5 Å². The number of nitrogens with zero attached hydrogens (tertiary/aromatic N) is 3. The minimum atomic E-state index is -0.142. The normalized spacial score (nSPS) is 16.4. The molecule has 4 aliphatic heterocycles. The molecule has 5 aliphatic rings. The summed E-state index contributed by atoms with van der Waals surface area (Å²) in [5.41, 5.74) is 24.0. The Labute approximate surface area is 442 Å². The Kier molecular flexibility index (Phi) is 9.59. The highest BCUT2D eigenvalue weighted by molar-refractivity contribution is 7.33. The van der Waals surface area contributed by atoms with E-state index in [4.69, 9.17) is 4.74 Å². The third-order valence-electron chi connectivity index (χ3n) is 17.6. The van der Waals surface area contributed by atoms with Gasteiger partial charge >= 0.3 is 0 Å². The van der Waals surface area contributed by atoms with Crippen molar-refractivity contribution in [2.75, 3.05) is 14.7 Å². The van der Waals surface area contributed by atoms with Gasteiger partial charge in [-0.1, -0.05) is 154 Å². The van der Waals surface area contributed by atoms with Gasteiger partial charge in [0.15, 0.2) is 0 Å². The summed E-state index contributed by atoms with van der Waals surface area (Å²) >= 11 is 1.98. The molecular formula is C67H63B2N3OS. The van der Waals surface area contributed by atoms with E-state index in [0.717, 1.165) is 34.9 Å². The Balaban J connectivity index is 1.09. The molecular weight excluding hydrogens is 916 g/mol. The van der Waals surface area contributed by atoms with Crippen LogP contribution < -0.4 is 51.5 Å². The molecule has 0 amide bonds. The molecule has 1 aromatic heterocycles. The Morgan fingerprint density at radius 2 is 1.05 bits per heavy atom. The van der Waals surface area contributed by atoms with Gasteiger partial charge in [0, 0.05) is 65.9 Å². The number of hydrogen-bond acceptors (Lipinski definition) is 5. The minimum absolute atomic E-state index is 0.0478. The van der Waals surface area contributed by atoms with Crippen LogP contribution in [0.4, 0.5) is 51.2 Å². The van der Waals surface area contributed by atoms with Crippen molar-refractivity contribution in [1.82, 2.24) is 0 Å². The number of thiophene rings is 1. The smallest absolute Gasteiger partial charge is 0.264 e. The molecule has 0 unspecified atom stereocenters. The first-order valence-electron chi connectivity index (χ1n) is 26.9. The fourth-order valence-electron chi connectivity index (χ4n) is 13.5. The standard InChI is InChI=1S/C67H63B2N3OS/c1-40-60-50(39-51-62(40)73-56-37-42(65(5,6)7)36-55-59(56)68(51)49-27-19-20-28-52(49)70(55)43-22-14-12-15-23-43)69-58-53(71(60)44-24-16-13-17-25-44)34-41(64(2,3)4)35-54(58)72(61-46-26-18-21-29-57(46)74-63(61)69)45-30-31-47-48(38-45)67(10,11)33-32-66(47,8)9/h12-31,34-39H,32-33H2,1-11H3. The highest BCUT2D eigenvalue weighted by Gasteiger charge is 2.50. The number of benzene rings is 8. The highest BCUT2D eigenvalue weighted by Crippen LogP contribution is 2.54. The van der Waals surface area contributed by atoms with E-state index >= 15 is 0 Å². The predicted octanol–water partition coefficient (Wildman–Crippen LogP) is 14.6. The first-order chi connectivity index (χ1) is 35.4. The summed E-state index contributed by atoms with van der Waals surface area (Å²) < 4.78 is 10.3. The Morgan fingerprint density at radius 1 is 0.486 bits per heavy atom. The molecule has 0 radical (unpaired) electrons. The number of anilines is 9. The molecule has 74 heavy (non-hydrogen) atoms. The number of hydrogen-bond donors (Lipinski definition) is 0. The second-order valence-corrected chi connectivity index (χ2v) is 26.3. The second kappa shape index (κ2) is 15.6. The molecule has 0 fully saturated rings.